The van der Waals surface area contributed by atoms with E-state index in [-0.39, 0.29) is 6.10 Å². The van der Waals surface area contributed by atoms with Crippen LogP contribution in [0.2, 0.25) is 0 Å². The Labute approximate surface area is 86.5 Å². The second kappa shape index (κ2) is 8.85. The lowest BCUT2D eigenvalue weighted by Gasteiger charge is -2.15. The van der Waals surface area contributed by atoms with Crippen molar-refractivity contribution in [1.29, 1.82) is 0 Å². The highest BCUT2D eigenvalue weighted by Gasteiger charge is 2.04. The summed E-state index contributed by atoms with van der Waals surface area (Å²) in [4.78, 5) is 0. The van der Waals surface area contributed by atoms with E-state index in [9.17, 15) is 5.11 Å². The van der Waals surface area contributed by atoms with E-state index in [0.717, 1.165) is 13.0 Å². The van der Waals surface area contributed by atoms with Crippen molar-refractivity contribution in [3.63, 3.8) is 0 Å². The average Bonchev–Trinajstić information content (AvgIpc) is 2.14. The van der Waals surface area contributed by atoms with Crippen LogP contribution in [-0.2, 0) is 0 Å². The molecule has 0 radical (unpaired) electrons. The normalized spacial score (nSPS) is 15.7. The second-order valence-corrected chi connectivity index (χ2v) is 4.75. The third-order valence-electron chi connectivity index (χ3n) is 2.07. The first-order valence-electron chi connectivity index (χ1n) is 5.19. The first-order chi connectivity index (χ1) is 6.20. The average molecular weight is 205 g/mol. The van der Waals surface area contributed by atoms with E-state index in [1.54, 1.807) is 0 Å². The Balaban J connectivity index is 3.24. The van der Waals surface area contributed by atoms with Gasteiger partial charge in [-0.05, 0) is 31.3 Å². The smallest absolute Gasteiger partial charge is 0.0662 e. The predicted molar refractivity (Wildman–Crippen MR) is 61.4 cm³/mol. The van der Waals surface area contributed by atoms with E-state index in [2.05, 4.69) is 19.2 Å². The number of rotatable bonds is 8. The molecular weight excluding hydrogens is 182 g/mol. The summed E-state index contributed by atoms with van der Waals surface area (Å²) < 4.78 is 0. The molecular formula is C10H23NOS. The van der Waals surface area contributed by atoms with Crippen LogP contribution in [0.5, 0.6) is 0 Å². The van der Waals surface area contributed by atoms with Gasteiger partial charge in [-0.3, -0.25) is 0 Å². The maximum atomic E-state index is 9.31. The molecule has 2 nitrogen and oxygen atoms in total. The molecule has 0 aromatic heterocycles. The summed E-state index contributed by atoms with van der Waals surface area (Å²) in [5, 5.41) is 12.6. The van der Waals surface area contributed by atoms with Gasteiger partial charge in [-0.25, -0.2) is 0 Å². The van der Waals surface area contributed by atoms with Crippen LogP contribution in [0, 0.1) is 0 Å². The van der Waals surface area contributed by atoms with E-state index < -0.39 is 0 Å². The Hall–Kier alpha value is 0.270. The predicted octanol–water partition coefficient (Wildman–Crippen LogP) is 1.88. The summed E-state index contributed by atoms with van der Waals surface area (Å²) in [5.74, 6) is 2.41. The molecule has 2 atom stereocenters. The minimum Gasteiger partial charge on any atom is -0.392 e. The van der Waals surface area contributed by atoms with E-state index in [0.29, 0.717) is 6.04 Å². The lowest BCUT2D eigenvalue weighted by atomic mass is 10.2. The molecule has 0 saturated heterocycles. The van der Waals surface area contributed by atoms with Crippen LogP contribution in [0.3, 0.4) is 0 Å². The van der Waals surface area contributed by atoms with Gasteiger partial charge in [0.2, 0.25) is 0 Å². The SMILES string of the molecule is CCSCCC(C)NCC(O)CC. The maximum absolute atomic E-state index is 9.31. The third kappa shape index (κ3) is 8.60. The molecule has 0 aliphatic rings. The molecule has 0 fully saturated rings. The van der Waals surface area contributed by atoms with Crippen molar-refractivity contribution in [1.82, 2.24) is 5.32 Å². The lowest BCUT2D eigenvalue weighted by molar-refractivity contribution is 0.163. The third-order valence-corrected chi connectivity index (χ3v) is 3.01. The fourth-order valence-corrected chi connectivity index (χ4v) is 1.80. The molecule has 0 bridgehead atoms. The van der Waals surface area contributed by atoms with Gasteiger partial charge in [-0.1, -0.05) is 13.8 Å². The van der Waals surface area contributed by atoms with Gasteiger partial charge in [-0.2, -0.15) is 11.8 Å². The number of hydrogen-bond acceptors (Lipinski definition) is 3. The van der Waals surface area contributed by atoms with Gasteiger partial charge in [0.05, 0.1) is 6.10 Å². The van der Waals surface area contributed by atoms with E-state index in [1.807, 2.05) is 18.7 Å². The Bertz CT molecular complexity index is 111. The van der Waals surface area contributed by atoms with Crippen molar-refractivity contribution in [2.24, 2.45) is 0 Å². The van der Waals surface area contributed by atoms with Gasteiger partial charge in [0.1, 0.15) is 0 Å². The van der Waals surface area contributed by atoms with Crippen molar-refractivity contribution in [2.45, 2.75) is 45.8 Å². The number of hydrogen-bond donors (Lipinski definition) is 2. The Morgan fingerprint density at radius 1 is 1.38 bits per heavy atom. The number of nitrogens with one attached hydrogen (secondary N) is 1. The van der Waals surface area contributed by atoms with Crippen LogP contribution < -0.4 is 5.32 Å². The minimum absolute atomic E-state index is 0.179. The highest BCUT2D eigenvalue weighted by Crippen LogP contribution is 2.03. The van der Waals surface area contributed by atoms with Crippen LogP contribution in [-0.4, -0.2) is 35.3 Å². The quantitative estimate of drug-likeness (QED) is 0.593. The van der Waals surface area contributed by atoms with Gasteiger partial charge >= 0.3 is 0 Å². The van der Waals surface area contributed by atoms with Crippen LogP contribution in [0.1, 0.15) is 33.6 Å². The number of aliphatic hydroxyl groups is 1. The maximum Gasteiger partial charge on any atom is 0.0662 e. The molecule has 13 heavy (non-hydrogen) atoms. The van der Waals surface area contributed by atoms with E-state index >= 15 is 0 Å². The standard InChI is InChI=1S/C10H23NOS/c1-4-10(12)8-11-9(3)6-7-13-5-2/h9-12H,4-8H2,1-3H3. The number of thioether (sulfide) groups is 1. The molecule has 0 rings (SSSR count). The van der Waals surface area contributed by atoms with Crippen molar-refractivity contribution in [2.75, 3.05) is 18.1 Å². The molecule has 0 heterocycles. The van der Waals surface area contributed by atoms with Gasteiger partial charge in [0.15, 0.2) is 0 Å². The van der Waals surface area contributed by atoms with E-state index in [1.165, 1.54) is 17.9 Å². The summed E-state index contributed by atoms with van der Waals surface area (Å²) >= 11 is 1.97. The van der Waals surface area contributed by atoms with Gasteiger partial charge in [0.25, 0.3) is 0 Å². The first kappa shape index (κ1) is 13.3. The first-order valence-corrected chi connectivity index (χ1v) is 6.35. The molecule has 0 saturated carbocycles. The molecule has 0 aliphatic heterocycles. The van der Waals surface area contributed by atoms with Crippen LogP contribution in [0.25, 0.3) is 0 Å². The zero-order chi connectivity index (χ0) is 10.1. The van der Waals surface area contributed by atoms with Crippen LogP contribution >= 0.6 is 11.8 Å². The van der Waals surface area contributed by atoms with Crippen LogP contribution in [0.15, 0.2) is 0 Å². The number of aliphatic hydroxyl groups excluding tert-OH is 1. The molecule has 2 unspecified atom stereocenters. The Morgan fingerprint density at radius 2 is 2.08 bits per heavy atom. The van der Waals surface area contributed by atoms with Crippen molar-refractivity contribution >= 4 is 11.8 Å². The minimum atomic E-state index is -0.179. The highest BCUT2D eigenvalue weighted by molar-refractivity contribution is 7.99. The van der Waals surface area contributed by atoms with Crippen molar-refractivity contribution in [3.8, 4) is 0 Å². The molecule has 0 aliphatic carbocycles. The summed E-state index contributed by atoms with van der Waals surface area (Å²) in [7, 11) is 0. The van der Waals surface area contributed by atoms with Gasteiger partial charge < -0.3 is 10.4 Å². The zero-order valence-electron chi connectivity index (χ0n) is 9.05. The lowest BCUT2D eigenvalue weighted by Crippen LogP contribution is -2.33. The Morgan fingerprint density at radius 3 is 2.62 bits per heavy atom. The largest absolute Gasteiger partial charge is 0.392 e. The summed E-state index contributed by atoms with van der Waals surface area (Å²) in [5.41, 5.74) is 0. The summed E-state index contributed by atoms with van der Waals surface area (Å²) in [6, 6.07) is 0.528. The van der Waals surface area contributed by atoms with Gasteiger partial charge in [-0.15, -0.1) is 0 Å². The van der Waals surface area contributed by atoms with Crippen molar-refractivity contribution < 1.29 is 5.11 Å². The second-order valence-electron chi connectivity index (χ2n) is 3.36. The molecule has 0 amide bonds. The summed E-state index contributed by atoms with van der Waals surface area (Å²) in [6.45, 7) is 7.10. The fourth-order valence-electron chi connectivity index (χ4n) is 0.988. The highest BCUT2D eigenvalue weighted by atomic mass is 32.2. The van der Waals surface area contributed by atoms with Crippen molar-refractivity contribution in [3.05, 3.63) is 0 Å². The monoisotopic (exact) mass is 205 g/mol. The zero-order valence-corrected chi connectivity index (χ0v) is 9.86. The topological polar surface area (TPSA) is 32.3 Å². The molecule has 0 spiro atoms. The molecule has 2 N–H and O–H groups in total. The summed E-state index contributed by atoms with van der Waals surface area (Å²) in [6.07, 6.45) is 1.85. The fraction of sp³-hybridized carbons (Fsp3) is 1.00. The molecule has 80 valence electrons. The molecule has 3 heteroatoms. The molecule has 0 aromatic carbocycles. The molecule has 0 aromatic rings. The Kier molecular flexibility index (Phi) is 9.03. The van der Waals surface area contributed by atoms with E-state index in [4.69, 9.17) is 0 Å². The van der Waals surface area contributed by atoms with Crippen LogP contribution in [0.4, 0.5) is 0 Å². The van der Waals surface area contributed by atoms with Gasteiger partial charge in [0, 0.05) is 12.6 Å².